The van der Waals surface area contributed by atoms with Crippen molar-refractivity contribution in [3.8, 4) is 17.0 Å². The van der Waals surface area contributed by atoms with Gasteiger partial charge in [-0.1, -0.05) is 38.1 Å². The molecular weight excluding hydrogens is 434 g/mol. The van der Waals surface area contributed by atoms with Gasteiger partial charge in [0, 0.05) is 37.0 Å². The van der Waals surface area contributed by atoms with Crippen molar-refractivity contribution in [3.63, 3.8) is 0 Å². The Morgan fingerprint density at radius 3 is 2.65 bits per heavy atom. The van der Waals surface area contributed by atoms with E-state index in [2.05, 4.69) is 24.1 Å². The molecule has 0 radical (unpaired) electrons. The van der Waals surface area contributed by atoms with Gasteiger partial charge in [-0.15, -0.1) is 0 Å². The molecule has 0 saturated heterocycles. The first-order chi connectivity index (χ1) is 16.2. The molecule has 9 heteroatoms. The number of ether oxygens (including phenoxy) is 3. The zero-order valence-corrected chi connectivity index (χ0v) is 20.4. The molecule has 1 amide bonds. The fourth-order valence-corrected chi connectivity index (χ4v) is 4.04. The molecule has 1 aromatic carbocycles. The third kappa shape index (κ3) is 5.60. The van der Waals surface area contributed by atoms with Gasteiger partial charge in [0.2, 0.25) is 11.8 Å². The van der Waals surface area contributed by atoms with Crippen LogP contribution in [-0.4, -0.2) is 41.7 Å². The van der Waals surface area contributed by atoms with E-state index < -0.39 is 11.9 Å². The summed E-state index contributed by atoms with van der Waals surface area (Å²) in [5, 5.41) is 2.41. The van der Waals surface area contributed by atoms with Crippen LogP contribution >= 0.6 is 0 Å². The fourth-order valence-electron chi connectivity index (χ4n) is 4.04. The van der Waals surface area contributed by atoms with E-state index in [1.807, 2.05) is 49.1 Å². The Morgan fingerprint density at radius 2 is 1.97 bits per heavy atom. The van der Waals surface area contributed by atoms with Crippen molar-refractivity contribution in [2.75, 3.05) is 13.7 Å². The molecule has 1 aromatic heterocycles. The molecule has 1 aliphatic rings. The first-order valence-electron chi connectivity index (χ1n) is 11.5. The molecule has 34 heavy (non-hydrogen) atoms. The molecule has 5 N–H and O–H groups in total. The van der Waals surface area contributed by atoms with E-state index >= 15 is 0 Å². The molecule has 2 heterocycles. The van der Waals surface area contributed by atoms with Crippen molar-refractivity contribution in [2.45, 2.75) is 52.0 Å². The molecule has 2 aromatic rings. The van der Waals surface area contributed by atoms with Crippen LogP contribution < -0.4 is 21.5 Å². The van der Waals surface area contributed by atoms with Crippen LogP contribution in [0.1, 0.15) is 39.7 Å². The number of nitrogens with one attached hydrogen (secondary N) is 1. The van der Waals surface area contributed by atoms with Crippen molar-refractivity contribution >= 4 is 6.09 Å². The number of carbonyl (C=O) groups is 1. The lowest BCUT2D eigenvalue weighted by molar-refractivity contribution is -0.0996. The molecule has 184 valence electrons. The molecule has 0 unspecified atom stereocenters. The number of aromatic nitrogens is 1. The van der Waals surface area contributed by atoms with Crippen molar-refractivity contribution in [3.05, 3.63) is 60.3 Å². The minimum atomic E-state index is -1.31. The Hall–Kier alpha value is -3.30. The van der Waals surface area contributed by atoms with Crippen molar-refractivity contribution in [1.82, 2.24) is 15.2 Å². The maximum atomic E-state index is 11.6. The smallest absolute Gasteiger partial charge is 0.413 e. The molecular formula is C25H35N5O4. The van der Waals surface area contributed by atoms with Crippen LogP contribution in [0, 0.1) is 5.92 Å². The Kier molecular flexibility index (Phi) is 8.01. The van der Waals surface area contributed by atoms with E-state index in [1.165, 1.54) is 7.05 Å². The number of amides is 1. The van der Waals surface area contributed by atoms with Gasteiger partial charge in [0.1, 0.15) is 12.9 Å². The molecule has 0 fully saturated rings. The third-order valence-corrected chi connectivity index (χ3v) is 5.43. The summed E-state index contributed by atoms with van der Waals surface area (Å²) in [7, 11) is 1.49. The van der Waals surface area contributed by atoms with E-state index in [4.69, 9.17) is 25.7 Å². The van der Waals surface area contributed by atoms with Gasteiger partial charge in [-0.05, 0) is 43.4 Å². The van der Waals surface area contributed by atoms with Crippen LogP contribution in [0.3, 0.4) is 0 Å². The van der Waals surface area contributed by atoms with E-state index in [0.29, 0.717) is 18.4 Å². The second-order valence-corrected chi connectivity index (χ2v) is 9.00. The van der Waals surface area contributed by atoms with Crippen LogP contribution in [0.15, 0.2) is 54.7 Å². The average molecular weight is 470 g/mol. The highest BCUT2D eigenvalue weighted by Crippen LogP contribution is 2.41. The van der Waals surface area contributed by atoms with Crippen molar-refractivity contribution in [1.29, 1.82) is 0 Å². The highest BCUT2D eigenvalue weighted by molar-refractivity contribution is 5.72. The Balaban J connectivity index is 1.91. The van der Waals surface area contributed by atoms with E-state index in [-0.39, 0.29) is 18.0 Å². The summed E-state index contributed by atoms with van der Waals surface area (Å²) < 4.78 is 17.3. The maximum Gasteiger partial charge on any atom is 0.413 e. The molecule has 0 spiro atoms. The summed E-state index contributed by atoms with van der Waals surface area (Å²) in [6, 6.07) is 11.0. The SMILES string of the molecule is CNC(=O)Oc1cc(-c2ccccc2[C@@]2(N)OC=C(OC[C@@H](N)CC(C)C)N2C(C)C)ccn1. The van der Waals surface area contributed by atoms with E-state index in [1.54, 1.807) is 18.5 Å². The molecule has 3 rings (SSSR count). The number of nitrogens with two attached hydrogens (primary N) is 2. The highest BCUT2D eigenvalue weighted by Gasteiger charge is 2.46. The topological polar surface area (TPSA) is 125 Å². The first kappa shape index (κ1) is 25.3. The Bertz CT molecular complexity index is 1030. The van der Waals surface area contributed by atoms with Gasteiger partial charge in [-0.2, -0.15) is 0 Å². The van der Waals surface area contributed by atoms with Crippen LogP contribution in [0.2, 0.25) is 0 Å². The predicted octanol–water partition coefficient (Wildman–Crippen LogP) is 3.47. The second-order valence-electron chi connectivity index (χ2n) is 9.00. The highest BCUT2D eigenvalue weighted by atomic mass is 16.6. The molecule has 0 saturated carbocycles. The van der Waals surface area contributed by atoms with Crippen molar-refractivity contribution in [2.24, 2.45) is 17.4 Å². The number of carbonyl (C=O) groups excluding carboxylic acids is 1. The predicted molar refractivity (Wildman–Crippen MR) is 130 cm³/mol. The van der Waals surface area contributed by atoms with Gasteiger partial charge in [0.25, 0.3) is 5.85 Å². The fraction of sp³-hybridized carbons (Fsp3) is 0.440. The zero-order chi connectivity index (χ0) is 24.9. The van der Waals surface area contributed by atoms with Gasteiger partial charge < -0.3 is 25.3 Å². The second kappa shape index (κ2) is 10.8. The van der Waals surface area contributed by atoms with E-state index in [0.717, 1.165) is 23.1 Å². The molecule has 0 aliphatic carbocycles. The Morgan fingerprint density at radius 1 is 1.24 bits per heavy atom. The number of benzene rings is 1. The zero-order valence-electron chi connectivity index (χ0n) is 20.4. The van der Waals surface area contributed by atoms with Crippen LogP contribution in [0.5, 0.6) is 5.88 Å². The summed E-state index contributed by atoms with van der Waals surface area (Å²) in [6.07, 6.45) is 3.38. The van der Waals surface area contributed by atoms with Gasteiger partial charge in [-0.3, -0.25) is 10.6 Å². The average Bonchev–Trinajstić information content (AvgIpc) is 3.15. The largest absolute Gasteiger partial charge is 0.475 e. The molecule has 1 aliphatic heterocycles. The summed E-state index contributed by atoms with van der Waals surface area (Å²) in [5.41, 5.74) is 15.4. The van der Waals surface area contributed by atoms with Gasteiger partial charge >= 0.3 is 6.09 Å². The number of rotatable bonds is 9. The molecule has 2 atom stereocenters. The van der Waals surface area contributed by atoms with Gasteiger partial charge in [-0.25, -0.2) is 9.78 Å². The van der Waals surface area contributed by atoms with Gasteiger partial charge in [0.05, 0.1) is 0 Å². The standard InChI is InChI=1S/C25H35N5O4/c1-16(2)12-19(26)14-32-23-15-33-25(27,30(23)17(3)4)21-9-7-6-8-20(21)18-10-11-29-22(13-18)34-24(31)28-5/h6-11,13,15-17,19H,12,14,26-27H2,1-5H3,(H,28,31)/t19-,25-/m0/s1. The summed E-state index contributed by atoms with van der Waals surface area (Å²) in [4.78, 5) is 17.6. The summed E-state index contributed by atoms with van der Waals surface area (Å²) in [5.74, 6) is -0.128. The number of pyridine rings is 1. The quantitative estimate of drug-likeness (QED) is 0.510. The van der Waals surface area contributed by atoms with Crippen molar-refractivity contribution < 1.29 is 19.0 Å². The lowest BCUT2D eigenvalue weighted by Crippen LogP contribution is -2.54. The Labute approximate surface area is 201 Å². The normalized spacial score (nSPS) is 18.5. The third-order valence-electron chi connectivity index (χ3n) is 5.43. The number of hydrogen-bond donors (Lipinski definition) is 3. The summed E-state index contributed by atoms with van der Waals surface area (Å²) >= 11 is 0. The lowest BCUT2D eigenvalue weighted by Gasteiger charge is -2.39. The van der Waals surface area contributed by atoms with E-state index in [9.17, 15) is 4.79 Å². The monoisotopic (exact) mass is 469 g/mol. The van der Waals surface area contributed by atoms with Gasteiger partial charge in [0.15, 0.2) is 0 Å². The number of hydrogen-bond acceptors (Lipinski definition) is 8. The molecule has 9 nitrogen and oxygen atoms in total. The first-order valence-corrected chi connectivity index (χ1v) is 11.5. The molecule has 0 bridgehead atoms. The lowest BCUT2D eigenvalue weighted by atomic mass is 9.96. The van der Waals surface area contributed by atoms with Crippen LogP contribution in [-0.2, 0) is 15.3 Å². The maximum absolute atomic E-state index is 11.6. The number of nitrogens with zero attached hydrogens (tertiary/aromatic N) is 2. The minimum Gasteiger partial charge on any atom is -0.475 e. The van der Waals surface area contributed by atoms with Crippen LogP contribution in [0.4, 0.5) is 4.79 Å². The van der Waals surface area contributed by atoms with Crippen LogP contribution in [0.25, 0.3) is 11.1 Å². The summed E-state index contributed by atoms with van der Waals surface area (Å²) in [6.45, 7) is 8.66. The minimum absolute atomic E-state index is 0.0299.